The van der Waals surface area contributed by atoms with E-state index in [9.17, 15) is 4.79 Å². The fourth-order valence-electron chi connectivity index (χ4n) is 3.29. The molecule has 0 radical (unpaired) electrons. The monoisotopic (exact) mass is 321 g/mol. The van der Waals surface area contributed by atoms with Gasteiger partial charge in [0.05, 0.1) is 11.6 Å². The van der Waals surface area contributed by atoms with Gasteiger partial charge in [-0.3, -0.25) is 9.89 Å². The van der Waals surface area contributed by atoms with Gasteiger partial charge >= 0.3 is 0 Å². The fourth-order valence-corrected chi connectivity index (χ4v) is 3.29. The van der Waals surface area contributed by atoms with Crippen LogP contribution in [0.3, 0.4) is 0 Å². The molecule has 2 aliphatic rings. The molecule has 6 nitrogen and oxygen atoms in total. The SMILES string of the molecule is N#Cc1cccc(C(=O)N2CCC(Cc3nc(C4CC4)n[nH]3)C2)c1. The van der Waals surface area contributed by atoms with Crippen LogP contribution in [0.5, 0.6) is 0 Å². The van der Waals surface area contributed by atoms with Crippen molar-refractivity contribution in [3.63, 3.8) is 0 Å². The maximum absolute atomic E-state index is 12.6. The lowest BCUT2D eigenvalue weighted by Gasteiger charge is -2.16. The third-order valence-corrected chi connectivity index (χ3v) is 4.79. The lowest BCUT2D eigenvalue weighted by Crippen LogP contribution is -2.29. The smallest absolute Gasteiger partial charge is 0.253 e. The Labute approximate surface area is 140 Å². The van der Waals surface area contributed by atoms with E-state index in [-0.39, 0.29) is 5.91 Å². The number of carbonyl (C=O) groups excluding carboxylic acids is 1. The maximum atomic E-state index is 12.6. The number of likely N-dealkylation sites (tertiary alicyclic amines) is 1. The van der Waals surface area contributed by atoms with Gasteiger partial charge in [0.25, 0.3) is 5.91 Å². The maximum Gasteiger partial charge on any atom is 0.253 e. The third-order valence-electron chi connectivity index (χ3n) is 4.79. The first-order valence-corrected chi connectivity index (χ1v) is 8.43. The van der Waals surface area contributed by atoms with Gasteiger partial charge < -0.3 is 4.90 Å². The van der Waals surface area contributed by atoms with Crippen molar-refractivity contribution in [3.05, 3.63) is 47.0 Å². The highest BCUT2D eigenvalue weighted by Crippen LogP contribution is 2.37. The molecule has 0 spiro atoms. The van der Waals surface area contributed by atoms with Gasteiger partial charge in [0.2, 0.25) is 0 Å². The van der Waals surface area contributed by atoms with E-state index in [1.54, 1.807) is 24.3 Å². The number of rotatable bonds is 4. The first kappa shape index (κ1) is 14.9. The van der Waals surface area contributed by atoms with Crippen LogP contribution in [0, 0.1) is 17.2 Å². The van der Waals surface area contributed by atoms with Crippen molar-refractivity contribution in [3.8, 4) is 6.07 Å². The molecule has 1 aliphatic heterocycles. The van der Waals surface area contributed by atoms with Crippen LogP contribution >= 0.6 is 0 Å². The molecule has 1 saturated carbocycles. The molecule has 1 saturated heterocycles. The van der Waals surface area contributed by atoms with E-state index in [1.165, 1.54) is 12.8 Å². The summed E-state index contributed by atoms with van der Waals surface area (Å²) in [5, 5.41) is 16.3. The Morgan fingerprint density at radius 2 is 2.25 bits per heavy atom. The molecule has 24 heavy (non-hydrogen) atoms. The molecular formula is C18H19N5O. The second-order valence-electron chi connectivity index (χ2n) is 6.72. The minimum absolute atomic E-state index is 0.00541. The molecule has 1 N–H and O–H groups in total. The van der Waals surface area contributed by atoms with Gasteiger partial charge in [-0.15, -0.1) is 0 Å². The van der Waals surface area contributed by atoms with E-state index in [2.05, 4.69) is 21.3 Å². The summed E-state index contributed by atoms with van der Waals surface area (Å²) in [6.45, 7) is 1.49. The molecule has 2 aromatic rings. The summed E-state index contributed by atoms with van der Waals surface area (Å²) in [6, 6.07) is 8.98. The number of aromatic nitrogens is 3. The Bertz CT molecular complexity index is 802. The van der Waals surface area contributed by atoms with Gasteiger partial charge in [0.15, 0.2) is 5.82 Å². The van der Waals surface area contributed by atoms with Crippen LogP contribution in [0.1, 0.15) is 52.8 Å². The van der Waals surface area contributed by atoms with Gasteiger partial charge in [0, 0.05) is 31.0 Å². The Balaban J connectivity index is 1.38. The second-order valence-corrected chi connectivity index (χ2v) is 6.72. The summed E-state index contributed by atoms with van der Waals surface area (Å²) in [6.07, 6.45) is 4.21. The van der Waals surface area contributed by atoms with E-state index in [0.29, 0.717) is 23.0 Å². The molecule has 1 aliphatic carbocycles. The first-order valence-electron chi connectivity index (χ1n) is 8.43. The number of hydrogen-bond acceptors (Lipinski definition) is 4. The van der Waals surface area contributed by atoms with Gasteiger partial charge in [-0.05, 0) is 43.4 Å². The fraction of sp³-hybridized carbons (Fsp3) is 0.444. The van der Waals surface area contributed by atoms with E-state index in [4.69, 9.17) is 5.26 Å². The number of amides is 1. The Kier molecular flexibility index (Phi) is 3.77. The van der Waals surface area contributed by atoms with Gasteiger partial charge in [0.1, 0.15) is 5.82 Å². The second kappa shape index (κ2) is 6.08. The quantitative estimate of drug-likeness (QED) is 0.936. The molecule has 0 bridgehead atoms. The molecular weight excluding hydrogens is 302 g/mol. The number of carbonyl (C=O) groups is 1. The minimum atomic E-state index is 0.00541. The molecule has 6 heteroatoms. The van der Waals surface area contributed by atoms with Crippen molar-refractivity contribution in [2.75, 3.05) is 13.1 Å². The Morgan fingerprint density at radius 1 is 1.38 bits per heavy atom. The molecule has 1 aromatic carbocycles. The summed E-state index contributed by atoms with van der Waals surface area (Å²) < 4.78 is 0. The van der Waals surface area contributed by atoms with Crippen molar-refractivity contribution >= 4 is 5.91 Å². The van der Waals surface area contributed by atoms with E-state index in [0.717, 1.165) is 37.6 Å². The van der Waals surface area contributed by atoms with Gasteiger partial charge in [-0.2, -0.15) is 10.4 Å². The number of nitrogens with zero attached hydrogens (tertiary/aromatic N) is 4. The number of hydrogen-bond donors (Lipinski definition) is 1. The predicted molar refractivity (Wildman–Crippen MR) is 87.2 cm³/mol. The molecule has 1 atom stereocenters. The number of benzene rings is 1. The zero-order valence-electron chi connectivity index (χ0n) is 13.4. The summed E-state index contributed by atoms with van der Waals surface area (Å²) in [4.78, 5) is 19.1. The average Bonchev–Trinajstić information content (AvgIpc) is 3.19. The van der Waals surface area contributed by atoms with Crippen LogP contribution in [0.15, 0.2) is 24.3 Å². The number of nitriles is 1. The summed E-state index contributed by atoms with van der Waals surface area (Å²) in [5.41, 5.74) is 1.11. The molecule has 122 valence electrons. The van der Waals surface area contributed by atoms with Crippen LogP contribution < -0.4 is 0 Å². The standard InChI is InChI=1S/C18H19N5O/c19-10-12-2-1-3-15(8-12)18(24)23-7-6-13(11-23)9-16-20-17(22-21-16)14-4-5-14/h1-3,8,13-14H,4-7,9,11H2,(H,20,21,22). The van der Waals surface area contributed by atoms with Crippen LogP contribution in [0.25, 0.3) is 0 Å². The molecule has 4 rings (SSSR count). The zero-order chi connectivity index (χ0) is 16.5. The van der Waals surface area contributed by atoms with Crippen molar-refractivity contribution in [2.45, 2.75) is 31.6 Å². The molecule has 2 heterocycles. The lowest BCUT2D eigenvalue weighted by atomic mass is 10.0. The number of H-pyrrole nitrogens is 1. The van der Waals surface area contributed by atoms with E-state index in [1.807, 2.05) is 4.90 Å². The summed E-state index contributed by atoms with van der Waals surface area (Å²) in [5.74, 6) is 2.86. The van der Waals surface area contributed by atoms with Gasteiger partial charge in [-0.25, -0.2) is 4.98 Å². The van der Waals surface area contributed by atoms with Crippen molar-refractivity contribution < 1.29 is 4.79 Å². The molecule has 1 aromatic heterocycles. The highest BCUT2D eigenvalue weighted by atomic mass is 16.2. The summed E-state index contributed by atoms with van der Waals surface area (Å²) >= 11 is 0. The summed E-state index contributed by atoms with van der Waals surface area (Å²) in [7, 11) is 0. The minimum Gasteiger partial charge on any atom is -0.338 e. The van der Waals surface area contributed by atoms with Crippen LogP contribution in [-0.2, 0) is 6.42 Å². The van der Waals surface area contributed by atoms with Crippen molar-refractivity contribution in [1.82, 2.24) is 20.1 Å². The van der Waals surface area contributed by atoms with Crippen LogP contribution in [0.4, 0.5) is 0 Å². The topological polar surface area (TPSA) is 85.7 Å². The predicted octanol–water partition coefficient (Wildman–Crippen LogP) is 2.26. The number of aromatic amines is 1. The van der Waals surface area contributed by atoms with E-state index >= 15 is 0 Å². The Morgan fingerprint density at radius 3 is 3.04 bits per heavy atom. The van der Waals surface area contributed by atoms with Gasteiger partial charge in [-0.1, -0.05) is 6.07 Å². The molecule has 2 fully saturated rings. The van der Waals surface area contributed by atoms with Crippen LogP contribution in [0.2, 0.25) is 0 Å². The number of nitrogens with one attached hydrogen (secondary N) is 1. The van der Waals surface area contributed by atoms with E-state index < -0.39 is 0 Å². The first-order chi connectivity index (χ1) is 11.7. The molecule has 1 unspecified atom stereocenters. The highest BCUT2D eigenvalue weighted by Gasteiger charge is 2.30. The van der Waals surface area contributed by atoms with Crippen molar-refractivity contribution in [1.29, 1.82) is 5.26 Å². The lowest BCUT2D eigenvalue weighted by molar-refractivity contribution is 0.0787. The normalized spacial score (nSPS) is 20.1. The Hall–Kier alpha value is -2.68. The highest BCUT2D eigenvalue weighted by molar-refractivity contribution is 5.94. The van der Waals surface area contributed by atoms with Crippen LogP contribution in [-0.4, -0.2) is 39.1 Å². The largest absolute Gasteiger partial charge is 0.338 e. The zero-order valence-corrected chi connectivity index (χ0v) is 13.4. The third kappa shape index (κ3) is 3.02. The average molecular weight is 321 g/mol. The van der Waals surface area contributed by atoms with Crippen molar-refractivity contribution in [2.24, 2.45) is 5.92 Å². The molecule has 1 amide bonds.